The van der Waals surface area contributed by atoms with Crippen molar-refractivity contribution in [2.24, 2.45) is 0 Å². The van der Waals surface area contributed by atoms with Gasteiger partial charge < -0.3 is 13.6 Å². The maximum Gasteiger partial charge on any atom is 0.252 e. The Balaban J connectivity index is 1.48. The van der Waals surface area contributed by atoms with Gasteiger partial charge in [-0.05, 0) is 105 Å². The van der Waals surface area contributed by atoms with Crippen LogP contribution in [0.4, 0.5) is 5.69 Å². The number of nitrogens with zero attached hydrogens (tertiary/aromatic N) is 3. The van der Waals surface area contributed by atoms with E-state index in [1.54, 1.807) is 0 Å². The number of rotatable bonds is 2. The molecule has 6 aromatic carbocycles. The number of aromatic nitrogens is 2. The number of para-hydroxylation sites is 1. The summed E-state index contributed by atoms with van der Waals surface area (Å²) in [7, 11) is 0. The van der Waals surface area contributed by atoms with Crippen molar-refractivity contribution in [1.29, 1.82) is 0 Å². The molecule has 0 amide bonds. The Labute approximate surface area is 336 Å². The van der Waals surface area contributed by atoms with E-state index < -0.39 is 0 Å². The van der Waals surface area contributed by atoms with Crippen LogP contribution in [-0.2, 0) is 21.7 Å². The van der Waals surface area contributed by atoms with Gasteiger partial charge in [0.25, 0.3) is 5.69 Å². The standard InChI is InChI=1S/C53H53N3O/c1-50(2,3)31-18-22-40-36(26-31)37-27-32(51(4,5)6)19-23-41(37)55(40)44-30-45(48(54-13)49-47(44)35-16-14-15-17-46(35)57-49)56-42-24-20-33(52(7,8)9)28-38(42)39-29-34(53(10,11)12)21-25-43(39)56/h14-30H,1-12H3. The molecule has 0 unspecified atom stereocenters. The first-order valence-corrected chi connectivity index (χ1v) is 20.3. The summed E-state index contributed by atoms with van der Waals surface area (Å²) in [5, 5.41) is 6.77. The molecule has 0 bridgehead atoms. The second-order valence-electron chi connectivity index (χ2n) is 20.3. The van der Waals surface area contributed by atoms with Crippen LogP contribution in [0, 0.1) is 6.57 Å². The zero-order valence-corrected chi connectivity index (χ0v) is 35.6. The molecule has 4 heteroatoms. The summed E-state index contributed by atoms with van der Waals surface area (Å²) in [5.74, 6) is 0. The molecule has 0 fully saturated rings. The van der Waals surface area contributed by atoms with E-state index in [0.29, 0.717) is 11.3 Å². The minimum absolute atomic E-state index is 0.0149. The Morgan fingerprint density at radius 3 is 1.18 bits per heavy atom. The fourth-order valence-corrected chi connectivity index (χ4v) is 8.74. The third kappa shape index (κ3) is 5.69. The Kier molecular flexibility index (Phi) is 7.82. The third-order valence-corrected chi connectivity index (χ3v) is 12.2. The molecule has 0 aliphatic rings. The van der Waals surface area contributed by atoms with Gasteiger partial charge in [0, 0.05) is 32.3 Å². The number of hydrogen-bond donors (Lipinski definition) is 0. The van der Waals surface area contributed by atoms with Gasteiger partial charge in [-0.25, -0.2) is 4.85 Å². The third-order valence-electron chi connectivity index (χ3n) is 12.2. The maximum absolute atomic E-state index is 8.81. The van der Waals surface area contributed by atoms with E-state index in [2.05, 4.69) is 188 Å². The first-order valence-electron chi connectivity index (χ1n) is 20.3. The highest BCUT2D eigenvalue weighted by atomic mass is 16.3. The van der Waals surface area contributed by atoms with Crippen molar-refractivity contribution in [3.63, 3.8) is 0 Å². The summed E-state index contributed by atoms with van der Waals surface area (Å²) in [4.78, 5) is 4.33. The van der Waals surface area contributed by atoms with Crippen molar-refractivity contribution in [3.05, 3.63) is 137 Å². The Hall–Kier alpha value is -5.79. The zero-order chi connectivity index (χ0) is 40.6. The van der Waals surface area contributed by atoms with Crippen molar-refractivity contribution in [1.82, 2.24) is 9.13 Å². The van der Waals surface area contributed by atoms with Gasteiger partial charge in [0.1, 0.15) is 11.2 Å². The van der Waals surface area contributed by atoms with Crippen LogP contribution in [0.3, 0.4) is 0 Å². The number of benzene rings is 6. The molecule has 0 radical (unpaired) electrons. The predicted molar refractivity (Wildman–Crippen MR) is 243 cm³/mol. The molecule has 3 aromatic heterocycles. The first kappa shape index (κ1) is 36.8. The molecule has 286 valence electrons. The molecule has 4 nitrogen and oxygen atoms in total. The molecule has 9 aromatic rings. The SMILES string of the molecule is [C-]#[N+]c1c(-n2c3ccc(C(C)(C)C)cc3c3cc(C(C)(C)C)ccc32)cc(-n2c3ccc(C(C)(C)C)cc3c3cc(C(C)(C)C)ccc32)c2c1oc1ccccc12. The summed E-state index contributed by atoms with van der Waals surface area (Å²) in [5.41, 5.74) is 13.2. The normalized spacial score (nSPS) is 13.2. The lowest BCUT2D eigenvalue weighted by Gasteiger charge is -2.20. The molecule has 0 aliphatic heterocycles. The van der Waals surface area contributed by atoms with Gasteiger partial charge in [-0.3, -0.25) is 0 Å². The molecule has 0 aliphatic carbocycles. The summed E-state index contributed by atoms with van der Waals surface area (Å²) in [6, 6.07) is 38.2. The molecule has 3 heterocycles. The zero-order valence-electron chi connectivity index (χ0n) is 35.6. The Morgan fingerprint density at radius 2 is 0.807 bits per heavy atom. The van der Waals surface area contributed by atoms with E-state index in [0.717, 1.165) is 49.8 Å². The number of hydrogen-bond acceptors (Lipinski definition) is 1. The first-order chi connectivity index (χ1) is 26.8. The molecule has 0 N–H and O–H groups in total. The van der Waals surface area contributed by atoms with Crippen molar-refractivity contribution in [2.75, 3.05) is 0 Å². The minimum atomic E-state index is -0.0253. The topological polar surface area (TPSA) is 27.4 Å². The maximum atomic E-state index is 8.81. The quantitative estimate of drug-likeness (QED) is 0.162. The smallest absolute Gasteiger partial charge is 0.252 e. The molecular formula is C53H53N3O. The monoisotopic (exact) mass is 747 g/mol. The number of furan rings is 1. The van der Waals surface area contributed by atoms with Gasteiger partial charge in [-0.2, -0.15) is 0 Å². The van der Waals surface area contributed by atoms with Gasteiger partial charge in [0.05, 0.1) is 40.0 Å². The fraction of sp³-hybridized carbons (Fsp3) is 0.302. The molecule has 0 saturated heterocycles. The van der Waals surface area contributed by atoms with Crippen LogP contribution in [0.25, 0.3) is 81.8 Å². The molecule has 9 rings (SSSR count). The van der Waals surface area contributed by atoms with Crippen LogP contribution < -0.4 is 0 Å². The van der Waals surface area contributed by atoms with Gasteiger partial charge in [0.2, 0.25) is 0 Å². The van der Waals surface area contributed by atoms with Crippen molar-refractivity contribution in [3.8, 4) is 11.4 Å². The van der Waals surface area contributed by atoms with Crippen LogP contribution >= 0.6 is 0 Å². The van der Waals surface area contributed by atoms with Crippen LogP contribution in [0.1, 0.15) is 105 Å². The van der Waals surface area contributed by atoms with E-state index in [1.807, 2.05) is 12.1 Å². The van der Waals surface area contributed by atoms with Gasteiger partial charge in [-0.15, -0.1) is 0 Å². The highest BCUT2D eigenvalue weighted by molar-refractivity contribution is 6.19. The van der Waals surface area contributed by atoms with E-state index in [1.165, 1.54) is 43.8 Å². The van der Waals surface area contributed by atoms with Crippen molar-refractivity contribution >= 4 is 71.2 Å². The summed E-state index contributed by atoms with van der Waals surface area (Å²) in [6.07, 6.45) is 0. The molecule has 0 atom stereocenters. The van der Waals surface area contributed by atoms with Crippen LogP contribution in [-0.4, -0.2) is 9.13 Å². The van der Waals surface area contributed by atoms with Crippen LogP contribution in [0.5, 0.6) is 0 Å². The second-order valence-corrected chi connectivity index (χ2v) is 20.3. The Morgan fingerprint density at radius 1 is 0.439 bits per heavy atom. The van der Waals surface area contributed by atoms with Crippen LogP contribution in [0.2, 0.25) is 0 Å². The van der Waals surface area contributed by atoms with E-state index in [-0.39, 0.29) is 21.7 Å². The minimum Gasteiger partial charge on any atom is -0.467 e. The second kappa shape index (κ2) is 12.1. The summed E-state index contributed by atoms with van der Waals surface area (Å²) in [6.45, 7) is 36.1. The summed E-state index contributed by atoms with van der Waals surface area (Å²) >= 11 is 0. The lowest BCUT2D eigenvalue weighted by atomic mass is 9.85. The van der Waals surface area contributed by atoms with Crippen molar-refractivity contribution in [2.45, 2.75) is 105 Å². The van der Waals surface area contributed by atoms with Crippen molar-refractivity contribution < 1.29 is 4.42 Å². The largest absolute Gasteiger partial charge is 0.467 e. The average Bonchev–Trinajstić information content (AvgIpc) is 3.79. The fourth-order valence-electron chi connectivity index (χ4n) is 8.74. The predicted octanol–water partition coefficient (Wildman–Crippen LogP) is 15.5. The van der Waals surface area contributed by atoms with Crippen LogP contribution in [0.15, 0.2) is 108 Å². The van der Waals surface area contributed by atoms with Gasteiger partial charge in [-0.1, -0.05) is 126 Å². The highest BCUT2D eigenvalue weighted by Gasteiger charge is 2.28. The van der Waals surface area contributed by atoms with Gasteiger partial charge in [0.15, 0.2) is 0 Å². The van der Waals surface area contributed by atoms with E-state index >= 15 is 0 Å². The lowest BCUT2D eigenvalue weighted by molar-refractivity contribution is 0.590. The summed E-state index contributed by atoms with van der Waals surface area (Å²) < 4.78 is 11.6. The molecule has 0 saturated carbocycles. The lowest BCUT2D eigenvalue weighted by Crippen LogP contribution is -2.10. The van der Waals surface area contributed by atoms with E-state index in [4.69, 9.17) is 11.0 Å². The average molecular weight is 748 g/mol. The molecule has 57 heavy (non-hydrogen) atoms. The Bertz CT molecular complexity index is 3020. The highest BCUT2D eigenvalue weighted by Crippen LogP contribution is 2.48. The van der Waals surface area contributed by atoms with Gasteiger partial charge >= 0.3 is 0 Å². The number of fused-ring (bicyclic) bond motifs is 9. The molecule has 0 spiro atoms. The van der Waals surface area contributed by atoms with E-state index in [9.17, 15) is 0 Å². The molecular weight excluding hydrogens is 695 g/mol.